The highest BCUT2D eigenvalue weighted by Gasteiger charge is 2.29. The lowest BCUT2D eigenvalue weighted by molar-refractivity contribution is -0.0999. The quantitative estimate of drug-likeness (QED) is 0.219. The van der Waals surface area contributed by atoms with E-state index in [1.165, 1.54) is 0 Å². The highest BCUT2D eigenvalue weighted by atomic mass is 16.4. The van der Waals surface area contributed by atoms with Crippen LogP contribution in [0.4, 0.5) is 5.95 Å². The van der Waals surface area contributed by atoms with E-state index in [1.54, 1.807) is 24.3 Å². The fraction of sp³-hybridized carbons (Fsp3) is 0.357. The van der Waals surface area contributed by atoms with Crippen LogP contribution in [0, 0.1) is 0 Å². The summed E-state index contributed by atoms with van der Waals surface area (Å²) in [6.07, 6.45) is -5.89. The van der Waals surface area contributed by atoms with E-state index in [2.05, 4.69) is 20.5 Å². The van der Waals surface area contributed by atoms with Gasteiger partial charge in [0.2, 0.25) is 5.95 Å². The van der Waals surface area contributed by atoms with E-state index in [9.17, 15) is 25.2 Å². The van der Waals surface area contributed by atoms with Crippen LogP contribution in [-0.2, 0) is 0 Å². The van der Waals surface area contributed by atoms with Gasteiger partial charge in [0.1, 0.15) is 24.4 Å². The molecule has 2 rings (SSSR count). The predicted molar refractivity (Wildman–Crippen MR) is 85.6 cm³/mol. The molecule has 1 aromatic heterocycles. The van der Waals surface area contributed by atoms with Gasteiger partial charge in [-0.25, -0.2) is 10.4 Å². The molecule has 0 saturated carbocycles. The van der Waals surface area contributed by atoms with Gasteiger partial charge >= 0.3 is 0 Å². The lowest BCUT2D eigenvalue weighted by Crippen LogP contribution is -2.46. The number of anilines is 1. The van der Waals surface area contributed by atoms with Gasteiger partial charge in [0.05, 0.1) is 23.7 Å². The van der Waals surface area contributed by atoms with E-state index in [0.717, 1.165) is 6.21 Å². The minimum absolute atomic E-state index is 0.0209. The number of nitrogens with one attached hydrogen (secondary N) is 2. The summed E-state index contributed by atoms with van der Waals surface area (Å²) in [5, 5.41) is 50.6. The standard InChI is InChI=1S/C14H18N4O6/c19-6-10(21)12(23)11(22)9(20)5-15-18-14-16-8-4-2-1-3-7(8)13(24)17-14/h1-5,9-12,19-23H,6H2,(H2,16,17,18,24). The molecule has 0 aliphatic carbocycles. The normalized spacial score (nSPS) is 16.9. The van der Waals surface area contributed by atoms with Crippen molar-refractivity contribution < 1.29 is 25.5 Å². The molecule has 24 heavy (non-hydrogen) atoms. The number of rotatable bonds is 7. The Hall–Kier alpha value is -2.37. The Balaban J connectivity index is 2.04. The van der Waals surface area contributed by atoms with Crippen molar-refractivity contribution in [3.63, 3.8) is 0 Å². The number of benzene rings is 1. The summed E-state index contributed by atoms with van der Waals surface area (Å²) < 4.78 is 0. The number of aromatic nitrogens is 2. The molecule has 0 amide bonds. The lowest BCUT2D eigenvalue weighted by Gasteiger charge is -2.23. The molecule has 0 saturated heterocycles. The second kappa shape index (κ2) is 7.95. The van der Waals surface area contributed by atoms with E-state index >= 15 is 0 Å². The number of hydrogen-bond donors (Lipinski definition) is 7. The van der Waals surface area contributed by atoms with E-state index in [4.69, 9.17) is 5.11 Å². The minimum Gasteiger partial charge on any atom is -0.394 e. The fourth-order valence-electron chi connectivity index (χ4n) is 1.94. The van der Waals surface area contributed by atoms with Crippen molar-refractivity contribution in [3.05, 3.63) is 34.6 Å². The third-order valence-corrected chi connectivity index (χ3v) is 3.29. The van der Waals surface area contributed by atoms with Crippen molar-refractivity contribution in [2.45, 2.75) is 24.4 Å². The Labute approximate surface area is 135 Å². The van der Waals surface area contributed by atoms with Gasteiger partial charge in [0, 0.05) is 0 Å². The summed E-state index contributed by atoms with van der Waals surface area (Å²) in [6.45, 7) is -0.775. The lowest BCUT2D eigenvalue weighted by atomic mass is 10.0. The number of hydrazone groups is 1. The average Bonchev–Trinajstić information content (AvgIpc) is 2.59. The third kappa shape index (κ3) is 4.13. The summed E-state index contributed by atoms with van der Waals surface area (Å²) in [5.74, 6) is 0.0209. The molecule has 4 atom stereocenters. The Morgan fingerprint density at radius 1 is 1.21 bits per heavy atom. The maximum atomic E-state index is 11.8. The highest BCUT2D eigenvalue weighted by Crippen LogP contribution is 2.08. The van der Waals surface area contributed by atoms with Crippen molar-refractivity contribution in [1.29, 1.82) is 0 Å². The van der Waals surface area contributed by atoms with Crippen LogP contribution in [0.2, 0.25) is 0 Å². The molecular weight excluding hydrogens is 320 g/mol. The maximum absolute atomic E-state index is 11.8. The van der Waals surface area contributed by atoms with Crippen molar-refractivity contribution in [2.24, 2.45) is 5.10 Å². The zero-order chi connectivity index (χ0) is 17.7. The largest absolute Gasteiger partial charge is 0.394 e. The number of nitrogens with zero attached hydrogens (tertiary/aromatic N) is 2. The minimum atomic E-state index is -1.76. The molecule has 0 aliphatic heterocycles. The Morgan fingerprint density at radius 2 is 1.92 bits per heavy atom. The monoisotopic (exact) mass is 338 g/mol. The Bertz CT molecular complexity index is 764. The number of hydrogen-bond acceptors (Lipinski definition) is 9. The van der Waals surface area contributed by atoms with Gasteiger partial charge in [-0.2, -0.15) is 5.10 Å². The first-order chi connectivity index (χ1) is 11.4. The van der Waals surface area contributed by atoms with Crippen LogP contribution in [0.3, 0.4) is 0 Å². The van der Waals surface area contributed by atoms with Crippen molar-refractivity contribution in [3.8, 4) is 0 Å². The first-order valence-electron chi connectivity index (χ1n) is 7.05. The number of aromatic amines is 1. The summed E-state index contributed by atoms with van der Waals surface area (Å²) in [5.41, 5.74) is 2.45. The zero-order valence-corrected chi connectivity index (χ0v) is 12.4. The molecular formula is C14H18N4O6. The fourth-order valence-corrected chi connectivity index (χ4v) is 1.94. The number of aliphatic hydroxyl groups is 5. The van der Waals surface area contributed by atoms with Crippen molar-refractivity contribution in [1.82, 2.24) is 9.97 Å². The molecule has 1 aromatic carbocycles. The number of H-pyrrole nitrogens is 1. The van der Waals surface area contributed by atoms with Crippen LogP contribution in [0.5, 0.6) is 0 Å². The van der Waals surface area contributed by atoms with E-state index in [1.807, 2.05) is 0 Å². The molecule has 1 heterocycles. The maximum Gasteiger partial charge on any atom is 0.260 e. The summed E-state index contributed by atoms with van der Waals surface area (Å²) in [4.78, 5) is 18.4. The van der Waals surface area contributed by atoms with Gasteiger partial charge in [0.15, 0.2) is 0 Å². The highest BCUT2D eigenvalue weighted by molar-refractivity contribution is 5.78. The molecule has 0 spiro atoms. The summed E-state index contributed by atoms with van der Waals surface area (Å²) in [6, 6.07) is 6.68. The van der Waals surface area contributed by atoms with E-state index in [0.29, 0.717) is 10.9 Å². The molecule has 130 valence electrons. The van der Waals surface area contributed by atoms with Crippen molar-refractivity contribution >= 4 is 23.1 Å². The van der Waals surface area contributed by atoms with Crippen LogP contribution in [-0.4, -0.2) is 72.7 Å². The zero-order valence-electron chi connectivity index (χ0n) is 12.4. The molecule has 2 aromatic rings. The predicted octanol–water partition coefficient (Wildman–Crippen LogP) is -2.24. The van der Waals surface area contributed by atoms with Gasteiger partial charge in [-0.3, -0.25) is 9.78 Å². The second-order valence-electron chi connectivity index (χ2n) is 5.04. The molecule has 7 N–H and O–H groups in total. The third-order valence-electron chi connectivity index (χ3n) is 3.29. The summed E-state index contributed by atoms with van der Waals surface area (Å²) >= 11 is 0. The molecule has 10 nitrogen and oxygen atoms in total. The topological polar surface area (TPSA) is 171 Å². The van der Waals surface area contributed by atoms with Crippen LogP contribution >= 0.6 is 0 Å². The van der Waals surface area contributed by atoms with Crippen molar-refractivity contribution in [2.75, 3.05) is 12.0 Å². The number of para-hydroxylation sites is 1. The molecule has 10 heteroatoms. The van der Waals surface area contributed by atoms with Gasteiger partial charge in [0.25, 0.3) is 5.56 Å². The first-order valence-corrected chi connectivity index (χ1v) is 7.05. The van der Waals surface area contributed by atoms with E-state index in [-0.39, 0.29) is 11.5 Å². The molecule has 0 aliphatic rings. The molecule has 0 radical (unpaired) electrons. The average molecular weight is 338 g/mol. The number of fused-ring (bicyclic) bond motifs is 1. The Kier molecular flexibility index (Phi) is 5.95. The van der Waals surface area contributed by atoms with Crippen LogP contribution < -0.4 is 11.0 Å². The van der Waals surface area contributed by atoms with E-state index < -0.39 is 31.0 Å². The molecule has 4 unspecified atom stereocenters. The van der Waals surface area contributed by atoms with Gasteiger partial charge in [-0.15, -0.1) is 0 Å². The summed E-state index contributed by atoms with van der Waals surface area (Å²) in [7, 11) is 0. The number of aliphatic hydroxyl groups excluding tert-OH is 5. The van der Waals surface area contributed by atoms with Crippen LogP contribution in [0.15, 0.2) is 34.2 Å². The molecule has 0 bridgehead atoms. The smallest absolute Gasteiger partial charge is 0.260 e. The Morgan fingerprint density at radius 3 is 2.62 bits per heavy atom. The van der Waals surface area contributed by atoms with Gasteiger partial charge < -0.3 is 25.5 Å². The SMILES string of the molecule is O=c1[nH]c(NN=CC(O)C(O)C(O)C(O)CO)nc2ccccc12. The molecule has 0 fully saturated rings. The second-order valence-corrected chi connectivity index (χ2v) is 5.04. The van der Waals surface area contributed by atoms with Gasteiger partial charge in [-0.1, -0.05) is 12.1 Å². The van der Waals surface area contributed by atoms with Crippen LogP contribution in [0.25, 0.3) is 10.9 Å². The van der Waals surface area contributed by atoms with Gasteiger partial charge in [-0.05, 0) is 12.1 Å². The van der Waals surface area contributed by atoms with Crippen LogP contribution in [0.1, 0.15) is 0 Å². The first kappa shape index (κ1) is 18.0.